The number of rotatable bonds is 9. The lowest BCUT2D eigenvalue weighted by molar-refractivity contribution is 0.306. The largest absolute Gasteiger partial charge is 0.493 e. The third-order valence-electron chi connectivity index (χ3n) is 4.46. The van der Waals surface area contributed by atoms with E-state index in [4.69, 9.17) is 4.74 Å². The molecule has 0 N–H and O–H groups in total. The summed E-state index contributed by atoms with van der Waals surface area (Å²) in [5, 5.41) is 0. The molecule has 138 valence electrons. The summed E-state index contributed by atoms with van der Waals surface area (Å²) in [5.74, 6) is 0.952. The fraction of sp³-hybridized carbons (Fsp3) is 0.375. The van der Waals surface area contributed by atoms with Gasteiger partial charge in [-0.2, -0.15) is 0 Å². The molecule has 0 aliphatic heterocycles. The zero-order chi connectivity index (χ0) is 18.9. The maximum absolute atomic E-state index is 6.02. The summed E-state index contributed by atoms with van der Waals surface area (Å²) < 4.78 is 6.02. The van der Waals surface area contributed by atoms with Crippen molar-refractivity contribution >= 4 is 17.5 Å². The summed E-state index contributed by atoms with van der Waals surface area (Å²) in [7, 11) is 0. The Morgan fingerprint density at radius 2 is 2.00 bits per heavy atom. The minimum absolute atomic E-state index is 0.752. The molecule has 0 aromatic heterocycles. The lowest BCUT2D eigenvalue weighted by Gasteiger charge is -2.16. The quantitative estimate of drug-likeness (QED) is 0.364. The van der Waals surface area contributed by atoms with Crippen LogP contribution in [-0.4, -0.2) is 12.8 Å². The number of ether oxygens (including phenoxy) is 1. The molecule has 0 saturated carbocycles. The molecule has 2 heteroatoms. The van der Waals surface area contributed by atoms with Crippen LogP contribution in [0.15, 0.2) is 48.0 Å². The van der Waals surface area contributed by atoms with E-state index in [9.17, 15) is 0 Å². The SMILES string of the molecule is C=C(Cc1cccc(C)c1)c1cc(CC)c(OCCCC)cc1N=CC. The van der Waals surface area contributed by atoms with Crippen molar-refractivity contribution in [2.45, 2.75) is 53.4 Å². The second-order valence-electron chi connectivity index (χ2n) is 6.69. The smallest absolute Gasteiger partial charge is 0.124 e. The Kier molecular flexibility index (Phi) is 7.65. The van der Waals surface area contributed by atoms with E-state index in [1.165, 1.54) is 16.7 Å². The van der Waals surface area contributed by atoms with Crippen LogP contribution in [0.1, 0.15) is 55.9 Å². The van der Waals surface area contributed by atoms with Crippen molar-refractivity contribution in [2.24, 2.45) is 4.99 Å². The average molecular weight is 350 g/mol. The number of aryl methyl sites for hydroxylation is 2. The first-order chi connectivity index (χ1) is 12.6. The van der Waals surface area contributed by atoms with E-state index in [1.807, 2.05) is 13.1 Å². The van der Waals surface area contributed by atoms with Gasteiger partial charge in [0, 0.05) is 17.8 Å². The molecular weight excluding hydrogens is 318 g/mol. The van der Waals surface area contributed by atoms with Gasteiger partial charge in [-0.15, -0.1) is 0 Å². The summed E-state index contributed by atoms with van der Waals surface area (Å²) in [5.41, 5.74) is 6.92. The Bertz CT molecular complexity index is 774. The Hall–Kier alpha value is -2.35. The van der Waals surface area contributed by atoms with E-state index in [0.29, 0.717) is 0 Å². The molecule has 2 nitrogen and oxygen atoms in total. The number of aliphatic imine (C=N–C) groups is 1. The number of hydrogen-bond donors (Lipinski definition) is 0. The van der Waals surface area contributed by atoms with Crippen molar-refractivity contribution in [3.63, 3.8) is 0 Å². The molecule has 26 heavy (non-hydrogen) atoms. The fourth-order valence-corrected chi connectivity index (χ4v) is 3.04. The van der Waals surface area contributed by atoms with Crippen LogP contribution in [0.5, 0.6) is 5.75 Å². The molecule has 0 fully saturated rings. The molecule has 0 spiro atoms. The lowest BCUT2D eigenvalue weighted by atomic mass is 9.95. The van der Waals surface area contributed by atoms with E-state index >= 15 is 0 Å². The second kappa shape index (κ2) is 9.96. The molecule has 0 unspecified atom stereocenters. The van der Waals surface area contributed by atoms with Gasteiger partial charge in [-0.05, 0) is 55.9 Å². The van der Waals surface area contributed by atoms with Gasteiger partial charge in [-0.3, -0.25) is 4.99 Å². The van der Waals surface area contributed by atoms with Crippen LogP contribution in [0.4, 0.5) is 5.69 Å². The van der Waals surface area contributed by atoms with E-state index in [0.717, 1.165) is 54.9 Å². The van der Waals surface area contributed by atoms with Gasteiger partial charge in [0.15, 0.2) is 0 Å². The summed E-state index contributed by atoms with van der Waals surface area (Å²) in [4.78, 5) is 4.59. The number of nitrogens with zero attached hydrogens (tertiary/aromatic N) is 1. The molecule has 0 heterocycles. The third-order valence-corrected chi connectivity index (χ3v) is 4.46. The van der Waals surface area contributed by atoms with Crippen LogP contribution in [-0.2, 0) is 12.8 Å². The molecule has 2 aromatic rings. The van der Waals surface area contributed by atoms with Crippen molar-refractivity contribution in [1.29, 1.82) is 0 Å². The molecule has 0 aliphatic rings. The van der Waals surface area contributed by atoms with Crippen molar-refractivity contribution in [1.82, 2.24) is 0 Å². The molecule has 0 atom stereocenters. The average Bonchev–Trinajstić information content (AvgIpc) is 2.62. The zero-order valence-electron chi connectivity index (χ0n) is 16.6. The van der Waals surface area contributed by atoms with Crippen LogP contribution in [0.3, 0.4) is 0 Å². The fourth-order valence-electron chi connectivity index (χ4n) is 3.04. The highest BCUT2D eigenvalue weighted by atomic mass is 16.5. The summed E-state index contributed by atoms with van der Waals surface area (Å²) in [6.07, 6.45) is 5.79. The van der Waals surface area contributed by atoms with Gasteiger partial charge in [0.1, 0.15) is 5.75 Å². The van der Waals surface area contributed by atoms with E-state index in [-0.39, 0.29) is 0 Å². The first kappa shape index (κ1) is 20.0. The standard InChI is InChI=1S/C24H31NO/c1-6-9-13-26-24-17-23(25-8-3)22(16-21(24)7-2)19(5)15-20-12-10-11-18(4)14-20/h8,10-12,14,16-17H,5-7,9,13,15H2,1-4H3. The van der Waals surface area contributed by atoms with E-state index in [2.05, 4.69) is 68.7 Å². The molecule has 0 amide bonds. The van der Waals surface area contributed by atoms with Gasteiger partial charge < -0.3 is 4.74 Å². The lowest BCUT2D eigenvalue weighted by Crippen LogP contribution is -2.01. The third kappa shape index (κ3) is 5.32. The molecule has 0 radical (unpaired) electrons. The first-order valence-electron chi connectivity index (χ1n) is 9.61. The van der Waals surface area contributed by atoms with Crippen molar-refractivity contribution in [3.05, 3.63) is 65.2 Å². The molecule has 0 bridgehead atoms. The Morgan fingerprint density at radius 3 is 2.65 bits per heavy atom. The van der Waals surface area contributed by atoms with Crippen molar-refractivity contribution < 1.29 is 4.74 Å². The van der Waals surface area contributed by atoms with Crippen LogP contribution in [0, 0.1) is 6.92 Å². The van der Waals surface area contributed by atoms with Crippen molar-refractivity contribution in [3.8, 4) is 5.75 Å². The number of unbranched alkanes of at least 4 members (excludes halogenated alkanes) is 1. The van der Waals surface area contributed by atoms with E-state index < -0.39 is 0 Å². The molecule has 2 aromatic carbocycles. The monoisotopic (exact) mass is 349 g/mol. The predicted molar refractivity (Wildman–Crippen MR) is 114 cm³/mol. The summed E-state index contributed by atoms with van der Waals surface area (Å²) in [6, 6.07) is 12.9. The van der Waals surface area contributed by atoms with Crippen LogP contribution in [0.25, 0.3) is 5.57 Å². The topological polar surface area (TPSA) is 21.6 Å². The molecular formula is C24H31NO. The van der Waals surface area contributed by atoms with Crippen LogP contribution < -0.4 is 4.74 Å². The minimum atomic E-state index is 0.752. The summed E-state index contributed by atoms with van der Waals surface area (Å²) in [6.45, 7) is 13.5. The predicted octanol–water partition coefficient (Wildman–Crippen LogP) is 6.71. The number of benzene rings is 2. The Balaban J connectivity index is 2.34. The Labute approximate surface area is 158 Å². The highest BCUT2D eigenvalue weighted by Gasteiger charge is 2.13. The maximum Gasteiger partial charge on any atom is 0.124 e. The van der Waals surface area contributed by atoms with Gasteiger partial charge in [0.25, 0.3) is 0 Å². The normalized spacial score (nSPS) is 11.1. The molecule has 0 saturated heterocycles. The van der Waals surface area contributed by atoms with Crippen LogP contribution >= 0.6 is 0 Å². The van der Waals surface area contributed by atoms with Gasteiger partial charge >= 0.3 is 0 Å². The van der Waals surface area contributed by atoms with Crippen molar-refractivity contribution in [2.75, 3.05) is 6.61 Å². The van der Waals surface area contributed by atoms with Gasteiger partial charge in [-0.1, -0.05) is 56.7 Å². The van der Waals surface area contributed by atoms with Gasteiger partial charge in [0.2, 0.25) is 0 Å². The van der Waals surface area contributed by atoms with Gasteiger partial charge in [0.05, 0.1) is 12.3 Å². The van der Waals surface area contributed by atoms with Gasteiger partial charge in [-0.25, -0.2) is 0 Å². The Morgan fingerprint density at radius 1 is 1.19 bits per heavy atom. The summed E-state index contributed by atoms with van der Waals surface area (Å²) >= 11 is 0. The molecule has 2 rings (SSSR count). The minimum Gasteiger partial charge on any atom is -0.493 e. The second-order valence-corrected chi connectivity index (χ2v) is 6.69. The number of allylic oxidation sites excluding steroid dienone is 1. The highest BCUT2D eigenvalue weighted by molar-refractivity contribution is 5.79. The zero-order valence-corrected chi connectivity index (χ0v) is 16.6. The highest BCUT2D eigenvalue weighted by Crippen LogP contribution is 2.35. The van der Waals surface area contributed by atoms with Crippen LogP contribution in [0.2, 0.25) is 0 Å². The molecule has 0 aliphatic carbocycles. The first-order valence-corrected chi connectivity index (χ1v) is 9.61. The van der Waals surface area contributed by atoms with E-state index in [1.54, 1.807) is 0 Å². The maximum atomic E-state index is 6.02. The number of hydrogen-bond acceptors (Lipinski definition) is 2.